The molecule has 0 spiro atoms. The summed E-state index contributed by atoms with van der Waals surface area (Å²) < 4.78 is 110. The van der Waals surface area contributed by atoms with Crippen molar-refractivity contribution in [3.8, 4) is 0 Å². The topological polar surface area (TPSA) is 189 Å². The van der Waals surface area contributed by atoms with Gasteiger partial charge in [0.2, 0.25) is 28.4 Å². The first-order valence-corrected chi connectivity index (χ1v) is 23.7. The van der Waals surface area contributed by atoms with Gasteiger partial charge in [-0.2, -0.15) is 35.7 Å². The minimum absolute atomic E-state index is 0.120. The van der Waals surface area contributed by atoms with Crippen molar-refractivity contribution in [1.29, 1.82) is 0 Å². The molecule has 4 aliphatic heterocycles. The summed E-state index contributed by atoms with van der Waals surface area (Å²) >= 11 is 0. The van der Waals surface area contributed by atoms with E-state index in [-0.39, 0.29) is 49.1 Å². The van der Waals surface area contributed by atoms with Crippen molar-refractivity contribution in [2.45, 2.75) is 74.2 Å². The molecule has 0 atom stereocenters. The van der Waals surface area contributed by atoms with Crippen molar-refractivity contribution < 1.29 is 49.3 Å². The van der Waals surface area contributed by atoms with Crippen LogP contribution in [0.1, 0.15) is 67.7 Å². The number of rotatable bonds is 12. The molecular formula is C44H53F6N12O4S+. The highest BCUT2D eigenvalue weighted by molar-refractivity contribution is 7.89. The first kappa shape index (κ1) is 47.7. The summed E-state index contributed by atoms with van der Waals surface area (Å²) in [6, 6.07) is 12.4. The molecule has 6 heterocycles. The molecule has 4 aromatic rings. The molecule has 4 fully saturated rings. The Kier molecular flexibility index (Phi) is 13.8. The molecular weight excluding hydrogens is 907 g/mol. The van der Waals surface area contributed by atoms with E-state index in [1.165, 1.54) is 14.8 Å². The molecule has 23 heteroatoms. The van der Waals surface area contributed by atoms with Crippen LogP contribution in [0.4, 0.5) is 48.6 Å². The zero-order valence-corrected chi connectivity index (χ0v) is 37.6. The van der Waals surface area contributed by atoms with Crippen LogP contribution in [-0.4, -0.2) is 127 Å². The van der Waals surface area contributed by atoms with Gasteiger partial charge in [-0.3, -0.25) is 19.7 Å². The minimum Gasteiger partial charge on any atom is -0.404 e. The van der Waals surface area contributed by atoms with Gasteiger partial charge in [0.25, 0.3) is 0 Å². The third-order valence-corrected chi connectivity index (χ3v) is 15.0. The van der Waals surface area contributed by atoms with E-state index < -0.39 is 57.8 Å². The SMILES string of the molecule is Cn1nc(N2CCC(=O)NC2=O)c2ccc(C3CCN(CC4CCN(c5cccc(S(=O)(=O)N6CCC(Nc7ncc(C(F)(F)F)c(/C(C=[NH+]CC(F)(F)F)=C/N)n7)CC6)c5)CC4)CC3)cc21. The normalized spacial score (nSPS) is 19.8. The number of benzene rings is 2. The lowest BCUT2D eigenvalue weighted by Crippen LogP contribution is -2.73. The number of urea groups is 1. The smallest absolute Gasteiger partial charge is 0.404 e. The largest absolute Gasteiger partial charge is 0.448 e. The maximum atomic E-state index is 13.9. The number of anilines is 3. The van der Waals surface area contributed by atoms with Crippen molar-refractivity contribution >= 4 is 62.1 Å². The molecule has 0 unspecified atom stereocenters. The van der Waals surface area contributed by atoms with Crippen LogP contribution in [0.2, 0.25) is 0 Å². The number of halogens is 6. The number of nitrogens with two attached hydrogens (primary N) is 1. The number of allylic oxidation sites excluding steroid dienone is 1. The molecule has 2 aromatic carbocycles. The lowest BCUT2D eigenvalue weighted by Gasteiger charge is -2.38. The van der Waals surface area contributed by atoms with Crippen molar-refractivity contribution in [3.05, 3.63) is 71.7 Å². The number of fused-ring (bicyclic) bond motifs is 1. The van der Waals surface area contributed by atoms with E-state index in [1.807, 2.05) is 24.2 Å². The number of amides is 3. The molecule has 3 amide bonds. The average molecular weight is 960 g/mol. The fraction of sp³-hybridized carbons (Fsp3) is 0.500. The molecule has 8 rings (SSSR count). The Balaban J connectivity index is 0.812. The number of aryl methyl sites for hydroxylation is 1. The zero-order valence-electron chi connectivity index (χ0n) is 36.8. The van der Waals surface area contributed by atoms with Crippen LogP contribution in [-0.2, 0) is 28.0 Å². The molecule has 0 aliphatic carbocycles. The lowest BCUT2D eigenvalue weighted by molar-refractivity contribution is -0.493. The average Bonchev–Trinajstić information content (AvgIpc) is 3.62. The van der Waals surface area contributed by atoms with Gasteiger partial charge in [-0.05, 0) is 99.3 Å². The molecule has 360 valence electrons. The number of hydrogen-bond donors (Lipinski definition) is 4. The summed E-state index contributed by atoms with van der Waals surface area (Å²) in [7, 11) is -2.02. The van der Waals surface area contributed by atoms with Crippen LogP contribution < -0.4 is 31.2 Å². The third kappa shape index (κ3) is 11.0. The summed E-state index contributed by atoms with van der Waals surface area (Å²) in [6.45, 7) is 3.60. The van der Waals surface area contributed by atoms with Crippen LogP contribution in [0.3, 0.4) is 0 Å². The predicted molar refractivity (Wildman–Crippen MR) is 239 cm³/mol. The minimum atomic E-state index is -4.93. The molecule has 0 radical (unpaired) electrons. The van der Waals surface area contributed by atoms with Crippen LogP contribution in [0.25, 0.3) is 16.5 Å². The van der Waals surface area contributed by atoms with Gasteiger partial charge in [0.15, 0.2) is 12.0 Å². The number of carbonyl (C=O) groups is 2. The maximum Gasteiger partial charge on any atom is 0.448 e. The summed E-state index contributed by atoms with van der Waals surface area (Å²) in [6.07, 6.45) is -2.79. The van der Waals surface area contributed by atoms with Gasteiger partial charge < -0.3 is 20.9 Å². The number of nitrogens with one attached hydrogen (secondary N) is 3. The van der Waals surface area contributed by atoms with Crippen LogP contribution in [0.5, 0.6) is 0 Å². The summed E-state index contributed by atoms with van der Waals surface area (Å²) in [5.74, 6) is 0.968. The van der Waals surface area contributed by atoms with Gasteiger partial charge in [0, 0.05) is 82.2 Å². The van der Waals surface area contributed by atoms with Crippen molar-refractivity contribution in [2.75, 3.05) is 74.0 Å². The Hall–Kier alpha value is -5.81. The predicted octanol–water partition coefficient (Wildman–Crippen LogP) is 4.20. The third-order valence-electron chi connectivity index (χ3n) is 13.1. The van der Waals surface area contributed by atoms with Crippen molar-refractivity contribution in [3.63, 3.8) is 0 Å². The van der Waals surface area contributed by atoms with Gasteiger partial charge in [-0.1, -0.05) is 12.1 Å². The molecule has 2 aromatic heterocycles. The first-order chi connectivity index (χ1) is 31.9. The van der Waals surface area contributed by atoms with E-state index >= 15 is 0 Å². The number of imide groups is 1. The summed E-state index contributed by atoms with van der Waals surface area (Å²) in [5.41, 5.74) is 6.09. The van der Waals surface area contributed by atoms with E-state index in [1.54, 1.807) is 22.9 Å². The van der Waals surface area contributed by atoms with Gasteiger partial charge in [-0.25, -0.2) is 28.2 Å². The molecule has 0 saturated carbocycles. The number of carbonyl (C=O) groups excluding carboxylic acids is 2. The summed E-state index contributed by atoms with van der Waals surface area (Å²) in [4.78, 5) is 40.3. The van der Waals surface area contributed by atoms with E-state index in [0.29, 0.717) is 42.8 Å². The Morgan fingerprint density at radius 3 is 2.34 bits per heavy atom. The van der Waals surface area contributed by atoms with Gasteiger partial charge >= 0.3 is 18.4 Å². The number of hydrogen-bond acceptors (Lipinski definition) is 11. The Morgan fingerprint density at radius 2 is 1.67 bits per heavy atom. The lowest BCUT2D eigenvalue weighted by atomic mass is 9.88. The quantitative estimate of drug-likeness (QED) is 0.118. The second-order valence-electron chi connectivity index (χ2n) is 17.5. The maximum absolute atomic E-state index is 13.9. The number of aromatic nitrogens is 4. The molecule has 67 heavy (non-hydrogen) atoms. The number of sulfonamides is 1. The van der Waals surface area contributed by atoms with Gasteiger partial charge in [0.1, 0.15) is 5.56 Å². The number of likely N-dealkylation sites (tertiary alicyclic amines) is 1. The Labute approximate surface area is 383 Å². The molecule has 16 nitrogen and oxygen atoms in total. The molecule has 4 saturated heterocycles. The molecule has 0 bridgehead atoms. The van der Waals surface area contributed by atoms with Crippen molar-refractivity contribution in [2.24, 2.45) is 18.7 Å². The van der Waals surface area contributed by atoms with Gasteiger partial charge in [-0.15, -0.1) is 0 Å². The Morgan fingerprint density at radius 1 is 0.940 bits per heavy atom. The van der Waals surface area contributed by atoms with E-state index in [2.05, 4.69) is 47.6 Å². The number of alkyl halides is 6. The van der Waals surface area contributed by atoms with Crippen LogP contribution >= 0.6 is 0 Å². The van der Waals surface area contributed by atoms with E-state index in [9.17, 15) is 44.3 Å². The Bertz CT molecular complexity index is 2630. The van der Waals surface area contributed by atoms with E-state index in [4.69, 9.17) is 5.73 Å². The summed E-state index contributed by atoms with van der Waals surface area (Å²) in [5, 5.41) is 10.8. The fourth-order valence-electron chi connectivity index (χ4n) is 9.43. The van der Waals surface area contributed by atoms with Crippen molar-refractivity contribution in [1.82, 2.24) is 34.3 Å². The number of piperidine rings is 3. The number of nitrogens with zero attached hydrogens (tertiary/aromatic N) is 8. The highest BCUT2D eigenvalue weighted by Crippen LogP contribution is 2.36. The molecule has 5 N–H and O–H groups in total. The highest BCUT2D eigenvalue weighted by Gasteiger charge is 2.38. The standard InChI is InChI=1S/C44H52F6N12O4S/c1-58-37-21-30(5-6-35(37)40(57-58)62-20-13-38(63)55-42(62)64)29-9-14-59(15-10-29)26-28-7-16-60(17-8-28)33-3-2-4-34(22-33)67(65,66)61-18-11-32(12-19-61)54-41-53-25-36(44(48,49)50)39(56-41)31(23-51)24-52-27-43(45,46)47/h2-6,21-25,28-29,32H,7-20,26-27,51H2,1H3,(H,53,54,56)(H,55,63,64)/p+1/b31-23+,52-24?. The second kappa shape index (κ2) is 19.4. The van der Waals surface area contributed by atoms with Crippen LogP contribution in [0.15, 0.2) is 59.8 Å². The second-order valence-corrected chi connectivity index (χ2v) is 19.5. The fourth-order valence-corrected chi connectivity index (χ4v) is 10.9. The zero-order chi connectivity index (χ0) is 47.7. The van der Waals surface area contributed by atoms with Crippen LogP contribution in [0, 0.1) is 5.92 Å². The van der Waals surface area contributed by atoms with E-state index in [0.717, 1.165) is 75.0 Å². The highest BCUT2D eigenvalue weighted by atomic mass is 32.2. The first-order valence-electron chi connectivity index (χ1n) is 22.3. The van der Waals surface area contributed by atoms with Gasteiger partial charge in [0.05, 0.1) is 21.7 Å². The molecule has 4 aliphatic rings. The monoisotopic (exact) mass is 959 g/mol.